The van der Waals surface area contributed by atoms with Crippen LogP contribution in [0.1, 0.15) is 37.3 Å². The lowest BCUT2D eigenvalue weighted by molar-refractivity contribution is -0.126. The topological polar surface area (TPSA) is 76.7 Å². The number of ether oxygens (including phenoxy) is 2. The van der Waals surface area contributed by atoms with E-state index in [0.29, 0.717) is 12.2 Å². The second-order valence-electron chi connectivity index (χ2n) is 7.56. The smallest absolute Gasteiger partial charge is 0.231 e. The molecule has 27 heavy (non-hydrogen) atoms. The SMILES string of the molecule is CC(C)(CNC(=O)C1CC(=O)Nc2ccccc21)c1ccc2c(c1)OCO2. The van der Waals surface area contributed by atoms with Gasteiger partial charge < -0.3 is 20.1 Å². The summed E-state index contributed by atoms with van der Waals surface area (Å²) in [6.45, 7) is 4.81. The fraction of sp³-hybridized carbons (Fsp3) is 0.333. The molecule has 0 radical (unpaired) electrons. The van der Waals surface area contributed by atoms with Crippen molar-refractivity contribution in [2.75, 3.05) is 18.7 Å². The van der Waals surface area contributed by atoms with Gasteiger partial charge in [-0.1, -0.05) is 38.1 Å². The minimum atomic E-state index is -0.470. The Labute approximate surface area is 157 Å². The number of carbonyl (C=O) groups excluding carboxylic acids is 2. The summed E-state index contributed by atoms with van der Waals surface area (Å²) in [6, 6.07) is 13.3. The first kappa shape index (κ1) is 17.4. The molecule has 4 rings (SSSR count). The van der Waals surface area contributed by atoms with Gasteiger partial charge in [0.15, 0.2) is 11.5 Å². The molecule has 0 saturated heterocycles. The number of anilines is 1. The number of carbonyl (C=O) groups is 2. The Morgan fingerprint density at radius 1 is 1.19 bits per heavy atom. The first-order chi connectivity index (χ1) is 12.9. The van der Waals surface area contributed by atoms with Crippen LogP contribution in [-0.2, 0) is 15.0 Å². The highest BCUT2D eigenvalue weighted by Gasteiger charge is 2.32. The van der Waals surface area contributed by atoms with E-state index in [4.69, 9.17) is 9.47 Å². The summed E-state index contributed by atoms with van der Waals surface area (Å²) in [6.07, 6.45) is 0.160. The summed E-state index contributed by atoms with van der Waals surface area (Å²) in [5.74, 6) is 0.727. The molecule has 2 aromatic rings. The number of nitrogens with one attached hydrogen (secondary N) is 2. The van der Waals surface area contributed by atoms with Crippen molar-refractivity contribution in [2.24, 2.45) is 0 Å². The van der Waals surface area contributed by atoms with E-state index in [9.17, 15) is 9.59 Å². The van der Waals surface area contributed by atoms with Crippen LogP contribution in [0.4, 0.5) is 5.69 Å². The number of hydrogen-bond acceptors (Lipinski definition) is 4. The maximum Gasteiger partial charge on any atom is 0.231 e. The van der Waals surface area contributed by atoms with Gasteiger partial charge in [0, 0.05) is 24.1 Å². The van der Waals surface area contributed by atoms with Crippen molar-refractivity contribution in [2.45, 2.75) is 31.6 Å². The van der Waals surface area contributed by atoms with Crippen molar-refractivity contribution in [1.29, 1.82) is 0 Å². The molecule has 0 fully saturated rings. The van der Waals surface area contributed by atoms with Crippen molar-refractivity contribution in [3.63, 3.8) is 0 Å². The zero-order valence-electron chi connectivity index (χ0n) is 15.4. The predicted molar refractivity (Wildman–Crippen MR) is 101 cm³/mol. The number of para-hydroxylation sites is 1. The van der Waals surface area contributed by atoms with Crippen molar-refractivity contribution >= 4 is 17.5 Å². The van der Waals surface area contributed by atoms with Crippen LogP contribution in [0.2, 0.25) is 0 Å². The Morgan fingerprint density at radius 3 is 2.81 bits per heavy atom. The molecule has 1 unspecified atom stereocenters. The highest BCUT2D eigenvalue weighted by molar-refractivity contribution is 6.01. The van der Waals surface area contributed by atoms with Gasteiger partial charge in [0.25, 0.3) is 0 Å². The second kappa shape index (κ2) is 6.61. The lowest BCUT2D eigenvalue weighted by atomic mass is 9.83. The molecule has 2 N–H and O–H groups in total. The summed E-state index contributed by atoms with van der Waals surface area (Å²) in [5, 5.41) is 5.85. The molecule has 2 heterocycles. The van der Waals surface area contributed by atoms with Crippen molar-refractivity contribution in [1.82, 2.24) is 5.32 Å². The molecule has 2 aliphatic heterocycles. The molecule has 2 amide bonds. The highest BCUT2D eigenvalue weighted by Crippen LogP contribution is 2.36. The fourth-order valence-corrected chi connectivity index (χ4v) is 3.50. The van der Waals surface area contributed by atoms with Crippen LogP contribution in [0.15, 0.2) is 42.5 Å². The number of benzene rings is 2. The average molecular weight is 366 g/mol. The monoisotopic (exact) mass is 366 g/mol. The molecule has 0 aromatic heterocycles. The van der Waals surface area contributed by atoms with E-state index in [1.807, 2.05) is 42.5 Å². The minimum absolute atomic E-state index is 0.133. The van der Waals surface area contributed by atoms with E-state index >= 15 is 0 Å². The molecule has 0 bridgehead atoms. The first-order valence-corrected chi connectivity index (χ1v) is 9.01. The van der Waals surface area contributed by atoms with Crippen molar-refractivity contribution in [3.05, 3.63) is 53.6 Å². The average Bonchev–Trinajstić information content (AvgIpc) is 3.13. The fourth-order valence-electron chi connectivity index (χ4n) is 3.50. The Hall–Kier alpha value is -3.02. The molecule has 6 nitrogen and oxygen atoms in total. The van der Waals surface area contributed by atoms with Gasteiger partial charge in [0.2, 0.25) is 18.6 Å². The first-order valence-electron chi connectivity index (χ1n) is 9.01. The van der Waals surface area contributed by atoms with E-state index < -0.39 is 5.92 Å². The zero-order valence-corrected chi connectivity index (χ0v) is 15.4. The maximum absolute atomic E-state index is 12.8. The Morgan fingerprint density at radius 2 is 1.96 bits per heavy atom. The van der Waals surface area contributed by atoms with Crippen LogP contribution in [0.25, 0.3) is 0 Å². The molecule has 0 saturated carbocycles. The lowest BCUT2D eigenvalue weighted by Gasteiger charge is -2.29. The summed E-state index contributed by atoms with van der Waals surface area (Å²) in [4.78, 5) is 24.8. The van der Waals surface area contributed by atoms with Gasteiger partial charge in [-0.05, 0) is 29.3 Å². The summed E-state index contributed by atoms with van der Waals surface area (Å²) in [7, 11) is 0. The number of hydrogen-bond donors (Lipinski definition) is 2. The van der Waals surface area contributed by atoms with Crippen LogP contribution >= 0.6 is 0 Å². The molecule has 6 heteroatoms. The Bertz CT molecular complexity index is 907. The third kappa shape index (κ3) is 3.35. The third-order valence-corrected chi connectivity index (χ3v) is 5.17. The Kier molecular flexibility index (Phi) is 4.26. The molecule has 0 spiro atoms. The van der Waals surface area contributed by atoms with Gasteiger partial charge in [-0.2, -0.15) is 0 Å². The van der Waals surface area contributed by atoms with E-state index in [1.165, 1.54) is 0 Å². The standard InChI is InChI=1S/C21H22N2O4/c1-21(2,13-7-8-17-18(9-13)27-12-26-17)11-22-20(25)15-10-19(24)23-16-6-4-3-5-14(15)16/h3-9,15H,10-12H2,1-2H3,(H,22,25)(H,23,24). The van der Waals surface area contributed by atoms with Gasteiger partial charge >= 0.3 is 0 Å². The molecular formula is C21H22N2O4. The van der Waals surface area contributed by atoms with Crippen LogP contribution in [0.5, 0.6) is 11.5 Å². The van der Waals surface area contributed by atoms with E-state index in [2.05, 4.69) is 24.5 Å². The van der Waals surface area contributed by atoms with Crippen LogP contribution < -0.4 is 20.1 Å². The highest BCUT2D eigenvalue weighted by atomic mass is 16.7. The molecule has 2 aliphatic rings. The number of fused-ring (bicyclic) bond motifs is 2. The lowest BCUT2D eigenvalue weighted by Crippen LogP contribution is -2.41. The van der Waals surface area contributed by atoms with Crippen molar-refractivity contribution in [3.8, 4) is 11.5 Å². The maximum atomic E-state index is 12.8. The molecule has 1 atom stereocenters. The van der Waals surface area contributed by atoms with E-state index in [1.54, 1.807) is 0 Å². The molecular weight excluding hydrogens is 344 g/mol. The van der Waals surface area contributed by atoms with Gasteiger partial charge in [-0.3, -0.25) is 9.59 Å². The largest absolute Gasteiger partial charge is 0.454 e. The number of amides is 2. The number of rotatable bonds is 4. The van der Waals surface area contributed by atoms with Gasteiger partial charge in [0.1, 0.15) is 0 Å². The van der Waals surface area contributed by atoms with E-state index in [0.717, 1.165) is 22.6 Å². The van der Waals surface area contributed by atoms with Gasteiger partial charge in [-0.15, -0.1) is 0 Å². The zero-order chi connectivity index (χ0) is 19.0. The Balaban J connectivity index is 1.48. The van der Waals surface area contributed by atoms with Crippen LogP contribution in [-0.4, -0.2) is 25.2 Å². The van der Waals surface area contributed by atoms with Crippen LogP contribution in [0.3, 0.4) is 0 Å². The second-order valence-corrected chi connectivity index (χ2v) is 7.56. The molecule has 0 aliphatic carbocycles. The van der Waals surface area contributed by atoms with E-state index in [-0.39, 0.29) is 30.4 Å². The quantitative estimate of drug-likeness (QED) is 0.872. The normalized spacial score (nSPS) is 17.9. The summed E-state index contributed by atoms with van der Waals surface area (Å²) >= 11 is 0. The summed E-state index contributed by atoms with van der Waals surface area (Å²) in [5.41, 5.74) is 2.32. The minimum Gasteiger partial charge on any atom is -0.454 e. The predicted octanol–water partition coefficient (Wildman–Crippen LogP) is 2.94. The van der Waals surface area contributed by atoms with Crippen LogP contribution in [0, 0.1) is 0 Å². The third-order valence-electron chi connectivity index (χ3n) is 5.17. The van der Waals surface area contributed by atoms with Crippen molar-refractivity contribution < 1.29 is 19.1 Å². The van der Waals surface area contributed by atoms with Gasteiger partial charge in [-0.25, -0.2) is 0 Å². The molecule has 2 aromatic carbocycles. The summed E-state index contributed by atoms with van der Waals surface area (Å²) < 4.78 is 10.8. The van der Waals surface area contributed by atoms with Gasteiger partial charge in [0.05, 0.1) is 5.92 Å². The molecule has 140 valence electrons.